The SMILES string of the molecule is COCSC1=C(C(=O)OCc2ccc([N+](=O)[O-])cc2)N2C(=O)[C@@H](CCO)[C@H]2[C@H]1C. The van der Waals surface area contributed by atoms with E-state index in [1.54, 1.807) is 7.11 Å². The maximum Gasteiger partial charge on any atom is 0.356 e. The molecule has 1 fully saturated rings. The van der Waals surface area contributed by atoms with Gasteiger partial charge < -0.3 is 19.5 Å². The Labute approximate surface area is 171 Å². The minimum Gasteiger partial charge on any atom is -0.456 e. The molecule has 0 spiro atoms. The summed E-state index contributed by atoms with van der Waals surface area (Å²) in [6.45, 7) is 1.79. The molecule has 1 aromatic rings. The number of nitro benzene ring substituents is 1. The molecule has 2 aliphatic rings. The Balaban J connectivity index is 1.75. The van der Waals surface area contributed by atoms with Crippen LogP contribution in [0.3, 0.4) is 0 Å². The highest BCUT2D eigenvalue weighted by atomic mass is 32.2. The van der Waals surface area contributed by atoms with Crippen molar-refractivity contribution in [1.82, 2.24) is 4.90 Å². The number of carbonyl (C=O) groups is 2. The number of nitro groups is 1. The lowest BCUT2D eigenvalue weighted by Crippen LogP contribution is -2.60. The number of amides is 1. The lowest BCUT2D eigenvalue weighted by Gasteiger charge is -2.45. The zero-order valence-corrected chi connectivity index (χ0v) is 16.9. The van der Waals surface area contributed by atoms with E-state index in [9.17, 15) is 24.8 Å². The number of benzene rings is 1. The van der Waals surface area contributed by atoms with E-state index in [0.717, 1.165) is 4.91 Å². The summed E-state index contributed by atoms with van der Waals surface area (Å²) in [5.74, 6) is -0.851. The van der Waals surface area contributed by atoms with Gasteiger partial charge in [0, 0.05) is 36.7 Å². The van der Waals surface area contributed by atoms with Gasteiger partial charge in [-0.2, -0.15) is 0 Å². The second-order valence-corrected chi connectivity index (χ2v) is 7.83. The highest BCUT2D eigenvalue weighted by molar-refractivity contribution is 8.03. The van der Waals surface area contributed by atoms with Crippen LogP contribution in [0.2, 0.25) is 0 Å². The van der Waals surface area contributed by atoms with Gasteiger partial charge in [0.05, 0.1) is 22.8 Å². The molecule has 3 atom stereocenters. The fourth-order valence-corrected chi connectivity index (χ4v) is 4.74. The van der Waals surface area contributed by atoms with Crippen molar-refractivity contribution in [2.75, 3.05) is 19.7 Å². The van der Waals surface area contributed by atoms with E-state index in [4.69, 9.17) is 9.47 Å². The average Bonchev–Trinajstić information content (AvgIpc) is 2.97. The van der Waals surface area contributed by atoms with Crippen molar-refractivity contribution in [2.45, 2.75) is 26.0 Å². The van der Waals surface area contributed by atoms with Crippen molar-refractivity contribution in [3.8, 4) is 0 Å². The third kappa shape index (κ3) is 4.00. The molecule has 1 N–H and O–H groups in total. The number of β-lactam (4-membered cyclic amide) rings is 1. The summed E-state index contributed by atoms with van der Waals surface area (Å²) >= 11 is 1.35. The Morgan fingerprint density at radius 2 is 2.03 bits per heavy atom. The van der Waals surface area contributed by atoms with Crippen LogP contribution < -0.4 is 0 Å². The number of aliphatic hydroxyl groups is 1. The normalized spacial score (nSPS) is 23.1. The summed E-state index contributed by atoms with van der Waals surface area (Å²) in [5, 5.41) is 20.0. The highest BCUT2D eigenvalue weighted by Crippen LogP contribution is 2.50. The second-order valence-electron chi connectivity index (χ2n) is 6.87. The number of thioether (sulfide) groups is 1. The molecule has 0 unspecified atom stereocenters. The Bertz CT molecular complexity index is 839. The number of aliphatic hydroxyl groups excluding tert-OH is 1. The molecule has 10 heteroatoms. The van der Waals surface area contributed by atoms with Crippen molar-refractivity contribution in [3.63, 3.8) is 0 Å². The number of carbonyl (C=O) groups excluding carboxylic acids is 2. The van der Waals surface area contributed by atoms with Crippen molar-refractivity contribution in [1.29, 1.82) is 0 Å². The van der Waals surface area contributed by atoms with Crippen LogP contribution >= 0.6 is 11.8 Å². The van der Waals surface area contributed by atoms with Crippen LogP contribution in [0.25, 0.3) is 0 Å². The molecule has 0 radical (unpaired) electrons. The quantitative estimate of drug-likeness (QED) is 0.211. The summed E-state index contributed by atoms with van der Waals surface area (Å²) in [7, 11) is 1.55. The van der Waals surface area contributed by atoms with E-state index in [1.165, 1.54) is 40.9 Å². The molecule has 2 aliphatic heterocycles. The van der Waals surface area contributed by atoms with E-state index in [-0.39, 0.29) is 48.4 Å². The first-order chi connectivity index (χ1) is 13.9. The predicted molar refractivity (Wildman–Crippen MR) is 104 cm³/mol. The van der Waals surface area contributed by atoms with Gasteiger partial charge in [0.25, 0.3) is 5.69 Å². The van der Waals surface area contributed by atoms with Gasteiger partial charge in [-0.1, -0.05) is 18.7 Å². The lowest BCUT2D eigenvalue weighted by atomic mass is 9.80. The molecule has 0 saturated carbocycles. The maximum absolute atomic E-state index is 12.8. The molecule has 1 saturated heterocycles. The highest BCUT2D eigenvalue weighted by Gasteiger charge is 2.58. The third-order valence-electron chi connectivity index (χ3n) is 5.15. The fourth-order valence-electron chi connectivity index (χ4n) is 3.78. The van der Waals surface area contributed by atoms with Crippen molar-refractivity contribution in [3.05, 3.63) is 50.5 Å². The lowest BCUT2D eigenvalue weighted by molar-refractivity contribution is -0.384. The number of nitrogens with zero attached hydrogens (tertiary/aromatic N) is 2. The van der Waals surface area contributed by atoms with Gasteiger partial charge in [0.15, 0.2) is 0 Å². The van der Waals surface area contributed by atoms with E-state index in [0.29, 0.717) is 17.9 Å². The number of ether oxygens (including phenoxy) is 2. The standard InChI is InChI=1S/C19H22N2O7S/c1-11-15-14(7-8-22)18(23)20(15)16(17(11)29-10-27-2)19(24)28-9-12-3-5-13(6-4-12)21(25)26/h3-6,11,14-15,22H,7-10H2,1-2H3/t11-,14+,15-/m1/s1. The van der Waals surface area contributed by atoms with Crippen LogP contribution in [-0.4, -0.2) is 52.5 Å². The molecule has 0 bridgehead atoms. The Kier molecular flexibility index (Phi) is 6.56. The number of hydrogen-bond acceptors (Lipinski definition) is 8. The summed E-state index contributed by atoms with van der Waals surface area (Å²) < 4.78 is 10.5. The number of rotatable bonds is 9. The molecule has 1 amide bonds. The van der Waals surface area contributed by atoms with Gasteiger partial charge >= 0.3 is 5.97 Å². The molecule has 0 aromatic heterocycles. The zero-order valence-electron chi connectivity index (χ0n) is 16.1. The molecular formula is C19H22N2O7S. The number of non-ortho nitro benzene ring substituents is 1. The van der Waals surface area contributed by atoms with Crippen LogP contribution in [0, 0.1) is 22.0 Å². The van der Waals surface area contributed by atoms with Crippen LogP contribution in [0.5, 0.6) is 0 Å². The van der Waals surface area contributed by atoms with Crippen LogP contribution in [0.15, 0.2) is 34.9 Å². The molecule has 3 rings (SSSR count). The molecule has 0 aliphatic carbocycles. The largest absolute Gasteiger partial charge is 0.456 e. The van der Waals surface area contributed by atoms with Gasteiger partial charge in [-0.3, -0.25) is 14.9 Å². The van der Waals surface area contributed by atoms with E-state index < -0.39 is 10.9 Å². The van der Waals surface area contributed by atoms with E-state index >= 15 is 0 Å². The average molecular weight is 422 g/mol. The first-order valence-electron chi connectivity index (χ1n) is 9.11. The van der Waals surface area contributed by atoms with E-state index in [2.05, 4.69) is 0 Å². The number of methoxy groups -OCH3 is 1. The topological polar surface area (TPSA) is 119 Å². The fraction of sp³-hybridized carbons (Fsp3) is 0.474. The Hall–Kier alpha value is -2.43. The van der Waals surface area contributed by atoms with Gasteiger partial charge in [0.1, 0.15) is 12.3 Å². The number of fused-ring (bicyclic) bond motifs is 1. The van der Waals surface area contributed by atoms with E-state index in [1.807, 2.05) is 6.92 Å². The first kappa shape index (κ1) is 21.3. The predicted octanol–water partition coefficient (Wildman–Crippen LogP) is 2.05. The van der Waals surface area contributed by atoms with Gasteiger partial charge in [0.2, 0.25) is 5.91 Å². The van der Waals surface area contributed by atoms with Gasteiger partial charge in [-0.15, -0.1) is 0 Å². The van der Waals surface area contributed by atoms with Crippen LogP contribution in [0.4, 0.5) is 5.69 Å². The monoisotopic (exact) mass is 422 g/mol. The zero-order chi connectivity index (χ0) is 21.1. The maximum atomic E-state index is 12.8. The van der Waals surface area contributed by atoms with Crippen molar-refractivity contribution >= 4 is 29.3 Å². The second kappa shape index (κ2) is 8.93. The summed E-state index contributed by atoms with van der Waals surface area (Å²) in [6, 6.07) is 5.55. The summed E-state index contributed by atoms with van der Waals surface area (Å²) in [4.78, 5) is 37.8. The smallest absolute Gasteiger partial charge is 0.356 e. The first-order valence-corrected chi connectivity index (χ1v) is 10.1. The minimum absolute atomic E-state index is 0.0467. The Morgan fingerprint density at radius 1 is 1.34 bits per heavy atom. The van der Waals surface area contributed by atoms with Gasteiger partial charge in [-0.25, -0.2) is 4.79 Å². The van der Waals surface area contributed by atoms with Crippen LogP contribution in [-0.2, 0) is 25.7 Å². The molecule has 2 heterocycles. The van der Waals surface area contributed by atoms with Crippen LogP contribution in [0.1, 0.15) is 18.9 Å². The Morgan fingerprint density at radius 3 is 2.62 bits per heavy atom. The third-order valence-corrected chi connectivity index (χ3v) is 6.38. The molecule has 1 aromatic carbocycles. The molecule has 156 valence electrons. The molecule has 9 nitrogen and oxygen atoms in total. The van der Waals surface area contributed by atoms with Crippen molar-refractivity contribution < 1.29 is 29.1 Å². The minimum atomic E-state index is -0.618. The summed E-state index contributed by atoms with van der Waals surface area (Å²) in [6.07, 6.45) is 0.359. The molecule has 29 heavy (non-hydrogen) atoms. The molecular weight excluding hydrogens is 400 g/mol. The number of hydrogen-bond donors (Lipinski definition) is 1. The number of esters is 1. The van der Waals surface area contributed by atoms with Crippen molar-refractivity contribution in [2.24, 2.45) is 11.8 Å². The van der Waals surface area contributed by atoms with Gasteiger partial charge in [-0.05, 0) is 24.1 Å². The summed E-state index contributed by atoms with van der Waals surface area (Å²) in [5.41, 5.74) is 0.784.